The minimum absolute atomic E-state index is 0.0376. The maximum Gasteiger partial charge on any atom is 0.274 e. The molecule has 1 aliphatic carbocycles. The number of benzene rings is 1. The summed E-state index contributed by atoms with van der Waals surface area (Å²) in [5, 5.41) is 11.7. The van der Waals surface area contributed by atoms with E-state index in [-0.39, 0.29) is 5.91 Å². The normalized spacial score (nSPS) is 17.6. The second-order valence-electron chi connectivity index (χ2n) is 6.67. The third-order valence-electron chi connectivity index (χ3n) is 5.01. The Morgan fingerprint density at radius 3 is 2.58 bits per heavy atom. The molecule has 5 nitrogen and oxygen atoms in total. The zero-order valence-corrected chi connectivity index (χ0v) is 13.7. The Morgan fingerprint density at radius 2 is 1.83 bits per heavy atom. The Kier molecular flexibility index (Phi) is 4.15. The number of hydrogen-bond acceptors (Lipinski definition) is 4. The number of hydrogen-bond donors (Lipinski definition) is 1. The van der Waals surface area contributed by atoms with Gasteiger partial charge in [0.15, 0.2) is 5.69 Å². The van der Waals surface area contributed by atoms with Crippen LogP contribution < -0.4 is 5.32 Å². The predicted octanol–water partition coefficient (Wildman–Crippen LogP) is 3.03. The minimum atomic E-state index is -0.0376. The van der Waals surface area contributed by atoms with E-state index in [9.17, 15) is 4.79 Å². The molecule has 24 heavy (non-hydrogen) atoms. The Balaban J connectivity index is 1.43. The molecule has 1 saturated carbocycles. The Labute approximate surface area is 142 Å². The lowest BCUT2D eigenvalue weighted by atomic mass is 10.00. The quantitative estimate of drug-likeness (QED) is 0.943. The van der Waals surface area contributed by atoms with Crippen molar-refractivity contribution in [3.05, 3.63) is 53.2 Å². The third-order valence-corrected chi connectivity index (χ3v) is 5.01. The molecule has 1 amide bonds. The molecule has 2 heterocycles. The van der Waals surface area contributed by atoms with Crippen molar-refractivity contribution in [3.8, 4) is 0 Å². The van der Waals surface area contributed by atoms with Crippen LogP contribution in [0.15, 0.2) is 36.4 Å². The van der Waals surface area contributed by atoms with Crippen LogP contribution in [0.4, 0.5) is 5.82 Å². The van der Waals surface area contributed by atoms with E-state index in [2.05, 4.69) is 33.7 Å². The Morgan fingerprint density at radius 1 is 1.04 bits per heavy atom. The van der Waals surface area contributed by atoms with Crippen molar-refractivity contribution in [3.63, 3.8) is 0 Å². The molecule has 1 N–H and O–H groups in total. The van der Waals surface area contributed by atoms with Gasteiger partial charge in [-0.05, 0) is 42.5 Å². The molecule has 1 fully saturated rings. The summed E-state index contributed by atoms with van der Waals surface area (Å²) in [5.74, 6) is 0.729. The van der Waals surface area contributed by atoms with Gasteiger partial charge in [-0.25, -0.2) is 0 Å². The summed E-state index contributed by atoms with van der Waals surface area (Å²) in [6, 6.07) is 12.5. The molecule has 0 unspecified atom stereocenters. The van der Waals surface area contributed by atoms with Gasteiger partial charge in [-0.15, -0.1) is 10.2 Å². The summed E-state index contributed by atoms with van der Waals surface area (Å²) in [6.45, 7) is 1.39. The molecule has 0 atom stereocenters. The van der Waals surface area contributed by atoms with Gasteiger partial charge in [-0.3, -0.25) is 4.79 Å². The zero-order valence-electron chi connectivity index (χ0n) is 13.7. The average Bonchev–Trinajstić information content (AvgIpc) is 3.14. The van der Waals surface area contributed by atoms with E-state index in [1.807, 2.05) is 17.0 Å². The van der Waals surface area contributed by atoms with Crippen LogP contribution in [-0.4, -0.2) is 33.6 Å². The molecule has 2 aromatic rings. The van der Waals surface area contributed by atoms with Crippen molar-refractivity contribution >= 4 is 11.7 Å². The lowest BCUT2D eigenvalue weighted by molar-refractivity contribution is 0.0727. The minimum Gasteiger partial charge on any atom is -0.366 e. The lowest BCUT2D eigenvalue weighted by Gasteiger charge is -2.28. The average molecular weight is 322 g/mol. The van der Waals surface area contributed by atoms with Crippen molar-refractivity contribution < 1.29 is 4.79 Å². The van der Waals surface area contributed by atoms with Crippen molar-refractivity contribution in [1.82, 2.24) is 15.1 Å². The molecule has 0 saturated heterocycles. The van der Waals surface area contributed by atoms with E-state index < -0.39 is 0 Å². The number of carbonyl (C=O) groups excluding carboxylic acids is 1. The summed E-state index contributed by atoms with van der Waals surface area (Å²) in [5.41, 5.74) is 2.99. The van der Waals surface area contributed by atoms with Gasteiger partial charge < -0.3 is 10.2 Å². The first kappa shape index (κ1) is 15.1. The van der Waals surface area contributed by atoms with Gasteiger partial charge in [0.2, 0.25) is 0 Å². The molecule has 5 heteroatoms. The smallest absolute Gasteiger partial charge is 0.274 e. The van der Waals surface area contributed by atoms with E-state index in [0.29, 0.717) is 18.3 Å². The van der Waals surface area contributed by atoms with E-state index in [4.69, 9.17) is 0 Å². The summed E-state index contributed by atoms with van der Waals surface area (Å²) in [4.78, 5) is 14.5. The first-order valence-corrected chi connectivity index (χ1v) is 8.76. The van der Waals surface area contributed by atoms with E-state index in [1.54, 1.807) is 6.07 Å². The highest BCUT2D eigenvalue weighted by Crippen LogP contribution is 2.22. The molecule has 1 aliphatic heterocycles. The van der Waals surface area contributed by atoms with Gasteiger partial charge in [0, 0.05) is 19.1 Å². The number of nitrogens with one attached hydrogen (secondary N) is 1. The lowest BCUT2D eigenvalue weighted by Crippen LogP contribution is -2.36. The monoisotopic (exact) mass is 322 g/mol. The molecular formula is C19H22N4O. The maximum absolute atomic E-state index is 12.7. The highest BCUT2D eigenvalue weighted by Gasteiger charge is 2.23. The van der Waals surface area contributed by atoms with Crippen molar-refractivity contribution in [1.29, 1.82) is 0 Å². The molecule has 0 radical (unpaired) electrons. The fraction of sp³-hybridized carbons (Fsp3) is 0.421. The highest BCUT2D eigenvalue weighted by molar-refractivity contribution is 5.92. The van der Waals surface area contributed by atoms with Crippen molar-refractivity contribution in [2.45, 2.75) is 44.7 Å². The summed E-state index contributed by atoms with van der Waals surface area (Å²) in [6.07, 6.45) is 5.83. The van der Waals surface area contributed by atoms with E-state index in [1.165, 1.54) is 36.8 Å². The molecule has 1 aromatic heterocycles. The van der Waals surface area contributed by atoms with Crippen LogP contribution in [-0.2, 0) is 13.0 Å². The predicted molar refractivity (Wildman–Crippen MR) is 92.8 cm³/mol. The van der Waals surface area contributed by atoms with Crippen LogP contribution in [0.3, 0.4) is 0 Å². The second kappa shape index (κ2) is 6.59. The van der Waals surface area contributed by atoms with Gasteiger partial charge in [0.1, 0.15) is 5.82 Å². The van der Waals surface area contributed by atoms with Crippen LogP contribution in [0.1, 0.15) is 47.3 Å². The number of fused-ring (bicyclic) bond motifs is 1. The third kappa shape index (κ3) is 3.11. The van der Waals surface area contributed by atoms with Crippen LogP contribution in [0.5, 0.6) is 0 Å². The van der Waals surface area contributed by atoms with Crippen LogP contribution in [0.25, 0.3) is 0 Å². The van der Waals surface area contributed by atoms with Gasteiger partial charge in [-0.1, -0.05) is 37.1 Å². The maximum atomic E-state index is 12.7. The van der Waals surface area contributed by atoms with Crippen molar-refractivity contribution in [2.75, 3.05) is 11.9 Å². The van der Waals surface area contributed by atoms with Gasteiger partial charge in [0.05, 0.1) is 0 Å². The van der Waals surface area contributed by atoms with E-state index >= 15 is 0 Å². The van der Waals surface area contributed by atoms with Gasteiger partial charge in [-0.2, -0.15) is 0 Å². The topological polar surface area (TPSA) is 58.1 Å². The highest BCUT2D eigenvalue weighted by atomic mass is 16.2. The SMILES string of the molecule is O=C(c1ccc(NC2CCCC2)nn1)N1CCc2ccccc2C1. The Hall–Kier alpha value is -2.43. The van der Waals surface area contributed by atoms with Gasteiger partial charge >= 0.3 is 0 Å². The summed E-state index contributed by atoms with van der Waals surface area (Å²) in [7, 11) is 0. The molecule has 2 aliphatic rings. The van der Waals surface area contributed by atoms with Crippen molar-refractivity contribution in [2.24, 2.45) is 0 Å². The number of anilines is 1. The first-order valence-electron chi connectivity index (χ1n) is 8.76. The van der Waals surface area contributed by atoms with Crippen LogP contribution >= 0.6 is 0 Å². The number of nitrogens with zero attached hydrogens (tertiary/aromatic N) is 3. The number of carbonyl (C=O) groups is 1. The summed E-state index contributed by atoms with van der Waals surface area (Å²) < 4.78 is 0. The zero-order chi connectivity index (χ0) is 16.4. The number of aromatic nitrogens is 2. The first-order chi connectivity index (χ1) is 11.8. The molecular weight excluding hydrogens is 300 g/mol. The molecule has 124 valence electrons. The second-order valence-corrected chi connectivity index (χ2v) is 6.67. The van der Waals surface area contributed by atoms with Crippen LogP contribution in [0.2, 0.25) is 0 Å². The fourth-order valence-electron chi connectivity index (χ4n) is 3.63. The Bertz CT molecular complexity index is 722. The number of amides is 1. The largest absolute Gasteiger partial charge is 0.366 e. The molecule has 4 rings (SSSR count). The standard InChI is InChI=1S/C19H22N4O/c24-19(23-12-11-14-5-1-2-6-15(14)13-23)17-9-10-18(22-21-17)20-16-7-3-4-8-16/h1-2,5-6,9-10,16H,3-4,7-8,11-13H2,(H,20,22). The number of rotatable bonds is 3. The van der Waals surface area contributed by atoms with Gasteiger partial charge in [0.25, 0.3) is 5.91 Å². The van der Waals surface area contributed by atoms with E-state index in [0.717, 1.165) is 18.8 Å². The summed E-state index contributed by atoms with van der Waals surface area (Å²) >= 11 is 0. The fourth-order valence-corrected chi connectivity index (χ4v) is 3.63. The molecule has 0 spiro atoms. The molecule has 1 aromatic carbocycles. The molecule has 0 bridgehead atoms. The van der Waals surface area contributed by atoms with Crippen LogP contribution in [0, 0.1) is 0 Å².